The highest BCUT2D eigenvalue weighted by atomic mass is 16.1. The van der Waals surface area contributed by atoms with Crippen molar-refractivity contribution in [2.45, 2.75) is 32.2 Å². The standard InChI is InChI=1S/C8H18N2O/c1-7(11)8(9)5-3-4-6-10-2/h8,10H,3-6,9H2,1-2H3/p+1. The number of quaternary nitrogens is 1. The molecule has 3 nitrogen and oxygen atoms in total. The van der Waals surface area contributed by atoms with Gasteiger partial charge in [0.1, 0.15) is 6.04 Å². The molecule has 0 bridgehead atoms. The number of Topliss-reactive ketones (excluding diaryl/α,β-unsaturated/α-hetero) is 1. The Bertz CT molecular complexity index is 115. The molecule has 0 rings (SSSR count). The zero-order valence-corrected chi connectivity index (χ0v) is 7.52. The Morgan fingerprint density at radius 2 is 2.18 bits per heavy atom. The Balaban J connectivity index is 3.17. The minimum atomic E-state index is 0.00635. The molecule has 1 unspecified atom stereocenters. The normalized spacial score (nSPS) is 13.0. The van der Waals surface area contributed by atoms with E-state index < -0.39 is 0 Å². The van der Waals surface area contributed by atoms with Crippen LogP contribution in [0.15, 0.2) is 0 Å². The molecule has 0 aliphatic rings. The molecular formula is C8H19N2O+. The van der Waals surface area contributed by atoms with E-state index in [0.717, 1.165) is 25.8 Å². The number of unbranched alkanes of at least 4 members (excludes halogenated alkanes) is 1. The van der Waals surface area contributed by atoms with E-state index in [-0.39, 0.29) is 11.8 Å². The highest BCUT2D eigenvalue weighted by molar-refractivity contribution is 5.79. The van der Waals surface area contributed by atoms with E-state index in [1.54, 1.807) is 6.92 Å². The fourth-order valence-electron chi connectivity index (χ4n) is 0.896. The van der Waals surface area contributed by atoms with Crippen molar-refractivity contribution in [3.05, 3.63) is 0 Å². The molecule has 0 amide bonds. The SMILES string of the molecule is CNCCCCC([NH3+])C(C)=O. The molecule has 11 heavy (non-hydrogen) atoms. The second-order valence-corrected chi connectivity index (χ2v) is 2.91. The van der Waals surface area contributed by atoms with Crippen LogP contribution in [0.2, 0.25) is 0 Å². The summed E-state index contributed by atoms with van der Waals surface area (Å²) >= 11 is 0. The molecule has 0 fully saturated rings. The lowest BCUT2D eigenvalue weighted by Crippen LogP contribution is -2.64. The van der Waals surface area contributed by atoms with Crippen molar-refractivity contribution in [2.24, 2.45) is 0 Å². The van der Waals surface area contributed by atoms with Crippen LogP contribution in [0.3, 0.4) is 0 Å². The van der Waals surface area contributed by atoms with Gasteiger partial charge in [-0.1, -0.05) is 0 Å². The molecule has 1 atom stereocenters. The number of carbonyl (C=O) groups is 1. The summed E-state index contributed by atoms with van der Waals surface area (Å²) in [5.41, 5.74) is 3.77. The van der Waals surface area contributed by atoms with Crippen molar-refractivity contribution in [1.29, 1.82) is 0 Å². The van der Waals surface area contributed by atoms with Crippen molar-refractivity contribution in [2.75, 3.05) is 13.6 Å². The Kier molecular flexibility index (Phi) is 6.07. The molecule has 0 saturated carbocycles. The zero-order chi connectivity index (χ0) is 8.69. The minimum absolute atomic E-state index is 0.00635. The van der Waals surface area contributed by atoms with Crippen LogP contribution in [0.4, 0.5) is 0 Å². The molecule has 0 radical (unpaired) electrons. The molecule has 0 aromatic heterocycles. The van der Waals surface area contributed by atoms with Crippen LogP contribution >= 0.6 is 0 Å². The first-order valence-electron chi connectivity index (χ1n) is 4.16. The molecule has 0 aromatic carbocycles. The van der Waals surface area contributed by atoms with Gasteiger partial charge in [-0.15, -0.1) is 0 Å². The average molecular weight is 159 g/mol. The van der Waals surface area contributed by atoms with Gasteiger partial charge in [0.25, 0.3) is 0 Å². The molecule has 0 spiro atoms. The maximum Gasteiger partial charge on any atom is 0.186 e. The molecule has 0 aliphatic heterocycles. The molecule has 66 valence electrons. The first-order chi connectivity index (χ1) is 5.18. The first kappa shape index (κ1) is 10.6. The van der Waals surface area contributed by atoms with Crippen molar-refractivity contribution < 1.29 is 10.5 Å². The molecule has 0 saturated heterocycles. The van der Waals surface area contributed by atoms with Gasteiger partial charge in [0.15, 0.2) is 5.78 Å². The van der Waals surface area contributed by atoms with E-state index in [1.807, 2.05) is 7.05 Å². The lowest BCUT2D eigenvalue weighted by Gasteiger charge is -2.03. The first-order valence-corrected chi connectivity index (χ1v) is 4.16. The quantitative estimate of drug-likeness (QED) is 0.517. The molecule has 0 heterocycles. The number of carbonyl (C=O) groups excluding carboxylic acids is 1. The third-order valence-electron chi connectivity index (χ3n) is 1.80. The Hall–Kier alpha value is -0.410. The van der Waals surface area contributed by atoms with E-state index in [2.05, 4.69) is 11.1 Å². The second kappa shape index (κ2) is 6.31. The summed E-state index contributed by atoms with van der Waals surface area (Å²) in [6.45, 7) is 2.64. The fourth-order valence-corrected chi connectivity index (χ4v) is 0.896. The summed E-state index contributed by atoms with van der Waals surface area (Å²) in [6, 6.07) is 0.00635. The van der Waals surface area contributed by atoms with Crippen molar-refractivity contribution in [1.82, 2.24) is 5.32 Å². The molecule has 0 aromatic rings. The minimum Gasteiger partial charge on any atom is -0.349 e. The monoisotopic (exact) mass is 159 g/mol. The Morgan fingerprint density at radius 3 is 2.64 bits per heavy atom. The summed E-state index contributed by atoms with van der Waals surface area (Å²) in [7, 11) is 1.94. The van der Waals surface area contributed by atoms with Crippen molar-refractivity contribution in [3.8, 4) is 0 Å². The number of hydrogen-bond acceptors (Lipinski definition) is 2. The lowest BCUT2D eigenvalue weighted by atomic mass is 10.1. The van der Waals surface area contributed by atoms with Gasteiger partial charge in [-0.3, -0.25) is 4.79 Å². The molecule has 3 heteroatoms. The maximum absolute atomic E-state index is 10.7. The second-order valence-electron chi connectivity index (χ2n) is 2.91. The van der Waals surface area contributed by atoms with Crippen LogP contribution in [-0.2, 0) is 4.79 Å². The van der Waals surface area contributed by atoms with Crippen molar-refractivity contribution in [3.63, 3.8) is 0 Å². The highest BCUT2D eigenvalue weighted by Gasteiger charge is 2.09. The van der Waals surface area contributed by atoms with E-state index >= 15 is 0 Å². The van der Waals surface area contributed by atoms with Gasteiger partial charge >= 0.3 is 0 Å². The third kappa shape index (κ3) is 6.01. The third-order valence-corrected chi connectivity index (χ3v) is 1.80. The molecule has 0 aliphatic carbocycles. The van der Waals surface area contributed by atoms with Crippen LogP contribution in [0.25, 0.3) is 0 Å². The van der Waals surface area contributed by atoms with Crippen LogP contribution in [0.1, 0.15) is 26.2 Å². The predicted molar refractivity (Wildman–Crippen MR) is 45.1 cm³/mol. The molecular weight excluding hydrogens is 140 g/mol. The number of ketones is 1. The summed E-state index contributed by atoms with van der Waals surface area (Å²) in [6.07, 6.45) is 3.15. The van der Waals surface area contributed by atoms with Gasteiger partial charge in [0, 0.05) is 13.3 Å². The summed E-state index contributed by atoms with van der Waals surface area (Å²) in [5.74, 6) is 0.203. The van der Waals surface area contributed by atoms with Gasteiger partial charge in [0.2, 0.25) is 0 Å². The van der Waals surface area contributed by atoms with Crippen molar-refractivity contribution >= 4 is 5.78 Å². The van der Waals surface area contributed by atoms with Gasteiger partial charge in [-0.05, 0) is 26.4 Å². The summed E-state index contributed by atoms with van der Waals surface area (Å²) in [5, 5.41) is 3.07. The van der Waals surface area contributed by atoms with Gasteiger partial charge < -0.3 is 11.1 Å². The van der Waals surface area contributed by atoms with E-state index in [4.69, 9.17) is 0 Å². The van der Waals surface area contributed by atoms with Gasteiger partial charge in [-0.2, -0.15) is 0 Å². The van der Waals surface area contributed by atoms with Crippen LogP contribution in [0, 0.1) is 0 Å². The van der Waals surface area contributed by atoms with Crippen LogP contribution in [-0.4, -0.2) is 25.4 Å². The van der Waals surface area contributed by atoms with E-state index in [1.165, 1.54) is 0 Å². The topological polar surface area (TPSA) is 56.7 Å². The smallest absolute Gasteiger partial charge is 0.186 e. The number of rotatable bonds is 6. The predicted octanol–water partition coefficient (Wildman–Crippen LogP) is -0.424. The van der Waals surface area contributed by atoms with Gasteiger partial charge in [-0.25, -0.2) is 0 Å². The van der Waals surface area contributed by atoms with Gasteiger partial charge in [0.05, 0.1) is 0 Å². The summed E-state index contributed by atoms with van der Waals surface area (Å²) < 4.78 is 0. The lowest BCUT2D eigenvalue weighted by molar-refractivity contribution is -0.404. The van der Waals surface area contributed by atoms with Crippen LogP contribution < -0.4 is 11.1 Å². The number of hydrogen-bond donors (Lipinski definition) is 2. The zero-order valence-electron chi connectivity index (χ0n) is 7.52. The Labute approximate surface area is 68.3 Å². The average Bonchev–Trinajstić information content (AvgIpc) is 1.97. The fraction of sp³-hybridized carbons (Fsp3) is 0.875. The maximum atomic E-state index is 10.7. The summed E-state index contributed by atoms with van der Waals surface area (Å²) in [4.78, 5) is 10.7. The highest BCUT2D eigenvalue weighted by Crippen LogP contribution is 1.96. The Morgan fingerprint density at radius 1 is 1.55 bits per heavy atom. The van der Waals surface area contributed by atoms with E-state index in [9.17, 15) is 4.79 Å². The van der Waals surface area contributed by atoms with E-state index in [0.29, 0.717) is 0 Å². The van der Waals surface area contributed by atoms with Crippen LogP contribution in [0.5, 0.6) is 0 Å². The molecule has 4 N–H and O–H groups in total. The number of nitrogens with one attached hydrogen (secondary N) is 1. The largest absolute Gasteiger partial charge is 0.349 e.